The van der Waals surface area contributed by atoms with Crippen molar-refractivity contribution in [3.63, 3.8) is 0 Å². The molecule has 0 saturated carbocycles. The Balaban J connectivity index is 2.18. The van der Waals surface area contributed by atoms with Gasteiger partial charge in [-0.3, -0.25) is 16.3 Å². The zero-order chi connectivity index (χ0) is 13.8. The summed E-state index contributed by atoms with van der Waals surface area (Å²) >= 11 is 11.5. The summed E-state index contributed by atoms with van der Waals surface area (Å²) < 4.78 is 13.1. The van der Waals surface area contributed by atoms with E-state index in [1.165, 1.54) is 6.07 Å². The number of benzene rings is 1. The number of rotatable bonds is 4. The van der Waals surface area contributed by atoms with E-state index in [2.05, 4.69) is 10.4 Å². The molecule has 1 heterocycles. The van der Waals surface area contributed by atoms with Crippen LogP contribution in [0.3, 0.4) is 0 Å². The molecule has 0 fully saturated rings. The number of nitrogens with one attached hydrogen (secondary N) is 1. The summed E-state index contributed by atoms with van der Waals surface area (Å²) in [6.07, 6.45) is 2.10. The van der Waals surface area contributed by atoms with Crippen molar-refractivity contribution in [3.8, 4) is 0 Å². The molecule has 0 bridgehead atoms. The van der Waals surface area contributed by atoms with Gasteiger partial charge in [-0.1, -0.05) is 29.3 Å². The average molecular weight is 300 g/mol. The standard InChI is InChI=1S/C13H12Cl2FN3/c14-9-2-4-12(18-7-9)13(19-17)6-8-1-3-11(16)10(15)5-8/h1-5,7,13,19H,6,17H2. The lowest BCUT2D eigenvalue weighted by Gasteiger charge is -2.15. The molecular formula is C13H12Cl2FN3. The van der Waals surface area contributed by atoms with Crippen molar-refractivity contribution in [1.29, 1.82) is 0 Å². The molecule has 0 aliphatic heterocycles. The number of hydrogen-bond donors (Lipinski definition) is 2. The third kappa shape index (κ3) is 3.64. The van der Waals surface area contributed by atoms with E-state index in [0.717, 1.165) is 11.3 Å². The van der Waals surface area contributed by atoms with Gasteiger partial charge in [0.2, 0.25) is 0 Å². The molecule has 6 heteroatoms. The lowest BCUT2D eigenvalue weighted by molar-refractivity contribution is 0.537. The van der Waals surface area contributed by atoms with Crippen molar-refractivity contribution in [1.82, 2.24) is 10.4 Å². The first-order valence-electron chi connectivity index (χ1n) is 5.61. The average Bonchev–Trinajstić information content (AvgIpc) is 2.41. The summed E-state index contributed by atoms with van der Waals surface area (Å²) in [6.45, 7) is 0. The molecule has 2 aromatic rings. The van der Waals surface area contributed by atoms with E-state index >= 15 is 0 Å². The Kier molecular flexibility index (Phi) is 4.71. The van der Waals surface area contributed by atoms with Gasteiger partial charge in [-0.05, 0) is 36.2 Å². The van der Waals surface area contributed by atoms with Gasteiger partial charge in [-0.2, -0.15) is 0 Å². The largest absolute Gasteiger partial charge is 0.271 e. The molecule has 0 aliphatic carbocycles. The molecular weight excluding hydrogens is 288 g/mol. The minimum atomic E-state index is -0.438. The van der Waals surface area contributed by atoms with Crippen LogP contribution < -0.4 is 11.3 Å². The lowest BCUT2D eigenvalue weighted by Crippen LogP contribution is -2.30. The second-order valence-corrected chi connectivity index (χ2v) is 4.92. The van der Waals surface area contributed by atoms with Crippen molar-refractivity contribution in [2.24, 2.45) is 5.84 Å². The third-order valence-electron chi connectivity index (χ3n) is 2.73. The van der Waals surface area contributed by atoms with Crippen molar-refractivity contribution in [3.05, 3.63) is 63.6 Å². The Morgan fingerprint density at radius 2 is 2.05 bits per heavy atom. The van der Waals surface area contributed by atoms with Gasteiger partial charge in [-0.25, -0.2) is 4.39 Å². The molecule has 100 valence electrons. The molecule has 3 N–H and O–H groups in total. The molecule has 0 radical (unpaired) electrons. The molecule has 19 heavy (non-hydrogen) atoms. The zero-order valence-electron chi connectivity index (χ0n) is 9.91. The van der Waals surface area contributed by atoms with E-state index in [9.17, 15) is 4.39 Å². The van der Waals surface area contributed by atoms with E-state index in [0.29, 0.717) is 11.4 Å². The Bertz CT molecular complexity index is 560. The van der Waals surface area contributed by atoms with Crippen LogP contribution in [0.5, 0.6) is 0 Å². The van der Waals surface area contributed by atoms with Gasteiger partial charge in [0, 0.05) is 6.20 Å². The summed E-state index contributed by atoms with van der Waals surface area (Å²) in [4.78, 5) is 4.20. The predicted molar refractivity (Wildman–Crippen MR) is 74.4 cm³/mol. The monoisotopic (exact) mass is 299 g/mol. The highest BCUT2D eigenvalue weighted by molar-refractivity contribution is 6.30. The summed E-state index contributed by atoms with van der Waals surface area (Å²) in [5.41, 5.74) is 4.30. The number of pyridine rings is 1. The van der Waals surface area contributed by atoms with E-state index in [1.54, 1.807) is 30.5 Å². The Hall–Kier alpha value is -1.20. The molecule has 0 spiro atoms. The normalized spacial score (nSPS) is 12.4. The van der Waals surface area contributed by atoms with Gasteiger partial charge in [0.05, 0.1) is 21.8 Å². The first-order chi connectivity index (χ1) is 9.10. The molecule has 0 aliphatic rings. The van der Waals surface area contributed by atoms with Crippen LogP contribution in [0.4, 0.5) is 4.39 Å². The predicted octanol–water partition coefficient (Wildman–Crippen LogP) is 3.27. The van der Waals surface area contributed by atoms with Crippen LogP contribution in [0.2, 0.25) is 10.0 Å². The fourth-order valence-corrected chi connectivity index (χ4v) is 2.06. The highest BCUT2D eigenvalue weighted by Crippen LogP contribution is 2.21. The number of nitrogens with zero attached hydrogens (tertiary/aromatic N) is 1. The van der Waals surface area contributed by atoms with E-state index in [1.807, 2.05) is 0 Å². The maximum atomic E-state index is 13.1. The number of nitrogens with two attached hydrogens (primary N) is 1. The van der Waals surface area contributed by atoms with E-state index in [4.69, 9.17) is 29.0 Å². The maximum Gasteiger partial charge on any atom is 0.141 e. The zero-order valence-corrected chi connectivity index (χ0v) is 11.4. The van der Waals surface area contributed by atoms with Gasteiger partial charge in [-0.15, -0.1) is 0 Å². The Labute approximate surface area is 120 Å². The molecule has 1 unspecified atom stereocenters. The van der Waals surface area contributed by atoms with E-state index < -0.39 is 5.82 Å². The van der Waals surface area contributed by atoms with Crippen LogP contribution in [0.25, 0.3) is 0 Å². The first-order valence-corrected chi connectivity index (χ1v) is 6.37. The second kappa shape index (κ2) is 6.30. The lowest BCUT2D eigenvalue weighted by atomic mass is 10.0. The minimum absolute atomic E-state index is 0.0948. The van der Waals surface area contributed by atoms with Gasteiger partial charge in [0.15, 0.2) is 0 Å². The van der Waals surface area contributed by atoms with Crippen LogP contribution in [0.15, 0.2) is 36.5 Å². The summed E-state index contributed by atoms with van der Waals surface area (Å²) in [5, 5.41) is 0.654. The third-order valence-corrected chi connectivity index (χ3v) is 3.25. The minimum Gasteiger partial charge on any atom is -0.271 e. The van der Waals surface area contributed by atoms with Crippen LogP contribution in [-0.2, 0) is 6.42 Å². The smallest absolute Gasteiger partial charge is 0.141 e. The molecule has 1 aromatic heterocycles. The quantitative estimate of drug-likeness (QED) is 0.673. The number of hydrogen-bond acceptors (Lipinski definition) is 3. The van der Waals surface area contributed by atoms with Crippen LogP contribution in [0, 0.1) is 5.82 Å². The number of halogens is 3. The van der Waals surface area contributed by atoms with E-state index in [-0.39, 0.29) is 11.1 Å². The highest BCUT2D eigenvalue weighted by Gasteiger charge is 2.13. The van der Waals surface area contributed by atoms with Crippen molar-refractivity contribution in [2.45, 2.75) is 12.5 Å². The molecule has 2 rings (SSSR count). The van der Waals surface area contributed by atoms with Crippen LogP contribution in [0.1, 0.15) is 17.3 Å². The fourth-order valence-electron chi connectivity index (χ4n) is 1.74. The second-order valence-electron chi connectivity index (χ2n) is 4.07. The van der Waals surface area contributed by atoms with Gasteiger partial charge in [0.1, 0.15) is 5.82 Å². The molecule has 0 saturated heterocycles. The van der Waals surface area contributed by atoms with Crippen LogP contribution >= 0.6 is 23.2 Å². The summed E-state index contributed by atoms with van der Waals surface area (Å²) in [7, 11) is 0. The van der Waals surface area contributed by atoms with Gasteiger partial charge >= 0.3 is 0 Å². The Morgan fingerprint density at radius 1 is 1.26 bits per heavy atom. The molecule has 1 aromatic carbocycles. The van der Waals surface area contributed by atoms with Crippen LogP contribution in [-0.4, -0.2) is 4.98 Å². The Morgan fingerprint density at radius 3 is 2.63 bits per heavy atom. The molecule has 1 atom stereocenters. The molecule has 0 amide bonds. The number of hydrazine groups is 1. The first kappa shape index (κ1) is 14.2. The maximum absolute atomic E-state index is 13.1. The van der Waals surface area contributed by atoms with Crippen molar-refractivity contribution in [2.75, 3.05) is 0 Å². The van der Waals surface area contributed by atoms with Crippen molar-refractivity contribution >= 4 is 23.2 Å². The summed E-state index contributed by atoms with van der Waals surface area (Å²) in [6, 6.07) is 7.92. The highest BCUT2D eigenvalue weighted by atomic mass is 35.5. The van der Waals surface area contributed by atoms with Gasteiger partial charge in [0.25, 0.3) is 0 Å². The van der Waals surface area contributed by atoms with Gasteiger partial charge < -0.3 is 0 Å². The van der Waals surface area contributed by atoms with Crippen molar-refractivity contribution < 1.29 is 4.39 Å². The topological polar surface area (TPSA) is 50.9 Å². The molecule has 3 nitrogen and oxygen atoms in total. The summed E-state index contributed by atoms with van der Waals surface area (Å²) in [5.74, 6) is 5.09. The number of aromatic nitrogens is 1. The fraction of sp³-hybridized carbons (Fsp3) is 0.154. The SMILES string of the molecule is NNC(Cc1ccc(F)c(Cl)c1)c1ccc(Cl)cn1.